The van der Waals surface area contributed by atoms with Gasteiger partial charge in [-0.2, -0.15) is 0 Å². The number of rotatable bonds is 6. The zero-order valence-electron chi connectivity index (χ0n) is 17.3. The number of benzene rings is 1. The smallest absolute Gasteiger partial charge is 0.240 e. The number of carbonyl (C=O) groups excluding carboxylic acids is 4. The third kappa shape index (κ3) is 3.91. The van der Waals surface area contributed by atoms with E-state index in [2.05, 4.69) is 0 Å². The molecule has 1 aromatic rings. The van der Waals surface area contributed by atoms with Crippen molar-refractivity contribution in [3.8, 4) is 5.75 Å². The Labute approximate surface area is 171 Å². The molecule has 2 saturated heterocycles. The van der Waals surface area contributed by atoms with Crippen LogP contribution in [-0.2, 0) is 24.6 Å². The highest BCUT2D eigenvalue weighted by Gasteiger charge is 2.53. The van der Waals surface area contributed by atoms with Gasteiger partial charge in [0.25, 0.3) is 0 Å². The molecule has 0 saturated carbocycles. The zero-order chi connectivity index (χ0) is 21.2. The number of piperidine rings is 1. The van der Waals surface area contributed by atoms with E-state index in [-0.39, 0.29) is 42.3 Å². The Bertz CT molecular complexity index is 819. The van der Waals surface area contributed by atoms with Crippen molar-refractivity contribution >= 4 is 23.5 Å². The molecule has 0 aliphatic carbocycles. The average Bonchev–Trinajstić information content (AvgIpc) is 2.97. The average molecular weight is 400 g/mol. The van der Waals surface area contributed by atoms with E-state index in [1.807, 2.05) is 6.92 Å². The lowest BCUT2D eigenvalue weighted by molar-refractivity contribution is -0.142. The standard InChI is InChI=1S/C22H28N2O5/c1-4-18(25)15-6-5-11-24(14-15)20(27)13-22(12-19(26)23(2)21(22)28)16-7-9-17(29-3)10-8-16/h7-10,15H,4-6,11-14H2,1-3H3/t15-,22+/m0/s1. The van der Waals surface area contributed by atoms with Gasteiger partial charge in [-0.1, -0.05) is 19.1 Å². The van der Waals surface area contributed by atoms with Crippen molar-refractivity contribution in [3.05, 3.63) is 29.8 Å². The number of nitrogens with zero attached hydrogens (tertiary/aromatic N) is 2. The summed E-state index contributed by atoms with van der Waals surface area (Å²) in [7, 11) is 3.01. The summed E-state index contributed by atoms with van der Waals surface area (Å²) in [4.78, 5) is 53.5. The lowest BCUT2D eigenvalue weighted by Gasteiger charge is -2.35. The molecule has 7 nitrogen and oxygen atoms in total. The summed E-state index contributed by atoms with van der Waals surface area (Å²) in [5.41, 5.74) is -0.579. The van der Waals surface area contributed by atoms with Crippen LogP contribution in [0.25, 0.3) is 0 Å². The summed E-state index contributed by atoms with van der Waals surface area (Å²) in [6.07, 6.45) is 1.90. The van der Waals surface area contributed by atoms with Gasteiger partial charge in [-0.05, 0) is 30.5 Å². The Kier molecular flexibility index (Phi) is 6.05. The van der Waals surface area contributed by atoms with Gasteiger partial charge in [-0.25, -0.2) is 0 Å². The minimum atomic E-state index is -1.21. The van der Waals surface area contributed by atoms with E-state index in [1.165, 1.54) is 7.05 Å². The second-order valence-electron chi connectivity index (χ2n) is 7.92. The second kappa shape index (κ2) is 8.35. The molecule has 2 atom stereocenters. The van der Waals surface area contributed by atoms with Crippen molar-refractivity contribution in [1.82, 2.24) is 9.80 Å². The van der Waals surface area contributed by atoms with Gasteiger partial charge in [-0.15, -0.1) is 0 Å². The molecule has 0 unspecified atom stereocenters. The molecule has 1 aromatic carbocycles. The summed E-state index contributed by atoms with van der Waals surface area (Å²) in [6.45, 7) is 2.80. The Morgan fingerprint density at radius 2 is 1.90 bits per heavy atom. The molecule has 0 aromatic heterocycles. The molecule has 0 radical (unpaired) electrons. The van der Waals surface area contributed by atoms with Gasteiger partial charge in [0.15, 0.2) is 0 Å². The SMILES string of the molecule is CCC(=O)[C@H]1CCCN(C(=O)C[C@@]2(c3ccc(OC)cc3)CC(=O)N(C)C2=O)C1. The highest BCUT2D eigenvalue weighted by atomic mass is 16.5. The van der Waals surface area contributed by atoms with Crippen molar-refractivity contribution in [2.45, 2.75) is 44.4 Å². The Balaban J connectivity index is 1.87. The van der Waals surface area contributed by atoms with E-state index in [4.69, 9.17) is 4.74 Å². The molecule has 0 bridgehead atoms. The first-order chi connectivity index (χ1) is 13.8. The van der Waals surface area contributed by atoms with Crippen molar-refractivity contribution in [2.24, 2.45) is 5.92 Å². The Morgan fingerprint density at radius 3 is 2.45 bits per heavy atom. The van der Waals surface area contributed by atoms with E-state index in [9.17, 15) is 19.2 Å². The first-order valence-electron chi connectivity index (χ1n) is 10.1. The monoisotopic (exact) mass is 400 g/mol. The van der Waals surface area contributed by atoms with E-state index in [0.717, 1.165) is 17.7 Å². The van der Waals surface area contributed by atoms with Gasteiger partial charge in [0.2, 0.25) is 17.7 Å². The molecule has 2 fully saturated rings. The maximum absolute atomic E-state index is 13.2. The molecule has 3 rings (SSSR count). The number of methoxy groups -OCH3 is 1. The molecule has 2 heterocycles. The number of ether oxygens (including phenoxy) is 1. The van der Waals surface area contributed by atoms with E-state index >= 15 is 0 Å². The first kappa shape index (κ1) is 21.0. The van der Waals surface area contributed by atoms with Gasteiger partial charge in [0.05, 0.1) is 12.5 Å². The Morgan fingerprint density at radius 1 is 1.21 bits per heavy atom. The van der Waals surface area contributed by atoms with Gasteiger partial charge >= 0.3 is 0 Å². The predicted octanol–water partition coefficient (Wildman–Crippen LogP) is 1.93. The molecule has 7 heteroatoms. The van der Waals surface area contributed by atoms with Crippen molar-refractivity contribution in [3.63, 3.8) is 0 Å². The third-order valence-corrected chi connectivity index (χ3v) is 6.21. The van der Waals surface area contributed by atoms with E-state index in [1.54, 1.807) is 36.3 Å². The molecule has 3 amide bonds. The number of likely N-dealkylation sites (N-methyl/N-ethyl adjacent to an activating group) is 1. The summed E-state index contributed by atoms with van der Waals surface area (Å²) in [5.74, 6) is -0.184. The van der Waals surface area contributed by atoms with Crippen LogP contribution in [0.2, 0.25) is 0 Å². The number of hydrogen-bond acceptors (Lipinski definition) is 5. The molecule has 156 valence electrons. The fourth-order valence-electron chi connectivity index (χ4n) is 4.39. The van der Waals surface area contributed by atoms with Crippen LogP contribution in [0.3, 0.4) is 0 Å². The molecular weight excluding hydrogens is 372 g/mol. The number of imide groups is 1. The lowest BCUT2D eigenvalue weighted by atomic mass is 9.75. The number of Topliss-reactive ketones (excluding diaryl/α,β-unsaturated/α-hetero) is 1. The summed E-state index contributed by atoms with van der Waals surface area (Å²) >= 11 is 0. The molecule has 2 aliphatic heterocycles. The zero-order valence-corrected chi connectivity index (χ0v) is 17.3. The third-order valence-electron chi connectivity index (χ3n) is 6.21. The molecule has 0 N–H and O–H groups in total. The normalized spacial score (nSPS) is 24.7. The predicted molar refractivity (Wildman–Crippen MR) is 106 cm³/mol. The first-order valence-corrected chi connectivity index (χ1v) is 10.1. The maximum atomic E-state index is 13.2. The fourth-order valence-corrected chi connectivity index (χ4v) is 4.39. The Hall–Kier alpha value is -2.70. The maximum Gasteiger partial charge on any atom is 0.240 e. The highest BCUT2D eigenvalue weighted by Crippen LogP contribution is 2.40. The van der Waals surface area contributed by atoms with E-state index in [0.29, 0.717) is 30.8 Å². The van der Waals surface area contributed by atoms with Crippen LogP contribution in [-0.4, -0.2) is 60.6 Å². The number of hydrogen-bond donors (Lipinski definition) is 0. The van der Waals surface area contributed by atoms with Gasteiger partial charge < -0.3 is 9.64 Å². The topological polar surface area (TPSA) is 84.0 Å². The summed E-state index contributed by atoms with van der Waals surface area (Å²) in [5, 5.41) is 0. The molecule has 29 heavy (non-hydrogen) atoms. The summed E-state index contributed by atoms with van der Waals surface area (Å²) < 4.78 is 5.19. The minimum absolute atomic E-state index is 0.0361. The lowest BCUT2D eigenvalue weighted by Crippen LogP contribution is -2.46. The van der Waals surface area contributed by atoms with Crippen LogP contribution in [0.5, 0.6) is 5.75 Å². The van der Waals surface area contributed by atoms with Crippen LogP contribution in [0.4, 0.5) is 0 Å². The largest absolute Gasteiger partial charge is 0.497 e. The molecular formula is C22H28N2O5. The molecule has 0 spiro atoms. The van der Waals surface area contributed by atoms with Crippen LogP contribution in [0.1, 0.15) is 44.6 Å². The van der Waals surface area contributed by atoms with Gasteiger partial charge in [0, 0.05) is 45.3 Å². The van der Waals surface area contributed by atoms with Crippen LogP contribution in [0.15, 0.2) is 24.3 Å². The quantitative estimate of drug-likeness (QED) is 0.682. The fraction of sp³-hybridized carbons (Fsp3) is 0.545. The van der Waals surface area contributed by atoms with Gasteiger partial charge in [-0.3, -0.25) is 24.1 Å². The van der Waals surface area contributed by atoms with Gasteiger partial charge in [0.1, 0.15) is 11.5 Å². The number of likely N-dealkylation sites (tertiary alicyclic amines) is 2. The minimum Gasteiger partial charge on any atom is -0.497 e. The number of carbonyl (C=O) groups is 4. The number of amides is 3. The summed E-state index contributed by atoms with van der Waals surface area (Å²) in [6, 6.07) is 6.95. The van der Waals surface area contributed by atoms with Crippen molar-refractivity contribution < 1.29 is 23.9 Å². The van der Waals surface area contributed by atoms with Crippen LogP contribution in [0, 0.1) is 5.92 Å². The number of ketones is 1. The van der Waals surface area contributed by atoms with Crippen LogP contribution >= 0.6 is 0 Å². The van der Waals surface area contributed by atoms with Crippen LogP contribution < -0.4 is 4.74 Å². The molecule has 2 aliphatic rings. The van der Waals surface area contributed by atoms with E-state index < -0.39 is 5.41 Å². The second-order valence-corrected chi connectivity index (χ2v) is 7.92. The van der Waals surface area contributed by atoms with Crippen molar-refractivity contribution in [1.29, 1.82) is 0 Å². The van der Waals surface area contributed by atoms with Crippen molar-refractivity contribution in [2.75, 3.05) is 27.2 Å². The highest BCUT2D eigenvalue weighted by molar-refractivity contribution is 6.10.